The van der Waals surface area contributed by atoms with Crippen LogP contribution >= 0.6 is 24.8 Å². The van der Waals surface area contributed by atoms with Crippen molar-refractivity contribution >= 4 is 30.7 Å². The molecule has 1 aliphatic rings. The van der Waals surface area contributed by atoms with Gasteiger partial charge in [-0.25, -0.2) is 0 Å². The average molecular weight is 438 g/mol. The molecule has 0 radical (unpaired) electrons. The molecule has 1 unspecified atom stereocenters. The van der Waals surface area contributed by atoms with Gasteiger partial charge in [-0.05, 0) is 50.0 Å². The summed E-state index contributed by atoms with van der Waals surface area (Å²) in [5.74, 6) is 0.136. The highest BCUT2D eigenvalue weighted by Gasteiger charge is 2.16. The summed E-state index contributed by atoms with van der Waals surface area (Å²) in [6, 6.07) is 21.1. The molecule has 6 heteroatoms. The molecule has 2 aromatic carbocycles. The molecule has 1 saturated heterocycles. The molecule has 1 atom stereocenters. The van der Waals surface area contributed by atoms with Crippen LogP contribution in [0.1, 0.15) is 42.9 Å². The number of hydrogen-bond acceptors (Lipinski definition) is 3. The van der Waals surface area contributed by atoms with Crippen LogP contribution in [-0.2, 0) is 11.3 Å². The van der Waals surface area contributed by atoms with E-state index in [4.69, 9.17) is 0 Å². The SMILES string of the molecule is Cl.Cl.O=C1CC(c2ccccc2)NCCCN(Cc2ccccc2)CCCCN1. The zero-order valence-corrected chi connectivity index (χ0v) is 18.5. The van der Waals surface area contributed by atoms with Gasteiger partial charge in [-0.15, -0.1) is 24.8 Å². The van der Waals surface area contributed by atoms with Crippen LogP contribution in [0.2, 0.25) is 0 Å². The molecule has 0 aromatic heterocycles. The largest absolute Gasteiger partial charge is 0.356 e. The van der Waals surface area contributed by atoms with Gasteiger partial charge in [0.1, 0.15) is 0 Å². The maximum absolute atomic E-state index is 12.3. The maximum Gasteiger partial charge on any atom is 0.221 e. The summed E-state index contributed by atoms with van der Waals surface area (Å²) in [7, 11) is 0. The van der Waals surface area contributed by atoms with Crippen LogP contribution in [0.5, 0.6) is 0 Å². The third kappa shape index (κ3) is 9.18. The molecule has 1 heterocycles. The zero-order valence-electron chi connectivity index (χ0n) is 16.9. The Balaban J connectivity index is 0.00000210. The Hall–Kier alpha value is -1.59. The summed E-state index contributed by atoms with van der Waals surface area (Å²) in [5.41, 5.74) is 2.55. The van der Waals surface area contributed by atoms with Crippen LogP contribution < -0.4 is 10.6 Å². The zero-order chi connectivity index (χ0) is 18.7. The molecule has 0 saturated carbocycles. The van der Waals surface area contributed by atoms with Crippen LogP contribution in [-0.4, -0.2) is 37.0 Å². The molecule has 3 rings (SSSR count). The van der Waals surface area contributed by atoms with Crippen LogP contribution in [0.15, 0.2) is 60.7 Å². The second kappa shape index (κ2) is 14.4. The molecule has 2 N–H and O–H groups in total. The molecule has 0 aliphatic carbocycles. The molecule has 1 aliphatic heterocycles. The summed E-state index contributed by atoms with van der Waals surface area (Å²) in [6.07, 6.45) is 3.72. The fourth-order valence-corrected chi connectivity index (χ4v) is 3.63. The van der Waals surface area contributed by atoms with Crippen LogP contribution in [0.4, 0.5) is 0 Å². The van der Waals surface area contributed by atoms with Gasteiger partial charge in [-0.1, -0.05) is 60.7 Å². The fourth-order valence-electron chi connectivity index (χ4n) is 3.63. The Bertz CT molecular complexity index is 685. The van der Waals surface area contributed by atoms with Crippen LogP contribution in [0, 0.1) is 0 Å². The first-order chi connectivity index (χ1) is 13.3. The van der Waals surface area contributed by atoms with Crippen molar-refractivity contribution < 1.29 is 4.79 Å². The maximum atomic E-state index is 12.3. The third-order valence-electron chi connectivity index (χ3n) is 5.11. The van der Waals surface area contributed by atoms with Gasteiger partial charge in [0, 0.05) is 25.6 Å². The lowest BCUT2D eigenvalue weighted by atomic mass is 10.0. The number of rotatable bonds is 3. The van der Waals surface area contributed by atoms with E-state index in [9.17, 15) is 4.79 Å². The van der Waals surface area contributed by atoms with Crippen molar-refractivity contribution in [1.29, 1.82) is 0 Å². The Kier molecular flexibility index (Phi) is 12.6. The summed E-state index contributed by atoms with van der Waals surface area (Å²) in [5, 5.41) is 6.69. The van der Waals surface area contributed by atoms with E-state index < -0.39 is 0 Å². The smallest absolute Gasteiger partial charge is 0.221 e. The predicted octanol–water partition coefficient (Wildman–Crippen LogP) is 4.35. The molecule has 0 spiro atoms. The van der Waals surface area contributed by atoms with Crippen molar-refractivity contribution in [2.24, 2.45) is 0 Å². The van der Waals surface area contributed by atoms with Gasteiger partial charge in [0.2, 0.25) is 5.91 Å². The number of benzene rings is 2. The van der Waals surface area contributed by atoms with E-state index >= 15 is 0 Å². The van der Waals surface area contributed by atoms with Crippen molar-refractivity contribution in [3.8, 4) is 0 Å². The lowest BCUT2D eigenvalue weighted by Gasteiger charge is -2.23. The van der Waals surface area contributed by atoms with Gasteiger partial charge in [-0.3, -0.25) is 9.69 Å². The monoisotopic (exact) mass is 437 g/mol. The molecule has 160 valence electrons. The van der Waals surface area contributed by atoms with E-state index in [2.05, 4.69) is 58.0 Å². The highest BCUT2D eigenvalue weighted by atomic mass is 35.5. The molecule has 4 nitrogen and oxygen atoms in total. The number of amides is 1. The predicted molar refractivity (Wildman–Crippen MR) is 125 cm³/mol. The number of nitrogens with one attached hydrogen (secondary N) is 2. The van der Waals surface area contributed by atoms with Crippen molar-refractivity contribution in [3.05, 3.63) is 71.8 Å². The number of nitrogens with zero attached hydrogens (tertiary/aromatic N) is 1. The van der Waals surface area contributed by atoms with Gasteiger partial charge < -0.3 is 10.6 Å². The van der Waals surface area contributed by atoms with E-state index in [-0.39, 0.29) is 36.8 Å². The minimum Gasteiger partial charge on any atom is -0.356 e. The van der Waals surface area contributed by atoms with Gasteiger partial charge in [0.15, 0.2) is 0 Å². The average Bonchev–Trinajstić information content (AvgIpc) is 2.72. The molecule has 0 bridgehead atoms. The first-order valence-corrected chi connectivity index (χ1v) is 10.1. The van der Waals surface area contributed by atoms with Crippen molar-refractivity contribution in [3.63, 3.8) is 0 Å². The van der Waals surface area contributed by atoms with E-state index in [1.807, 2.05) is 18.2 Å². The van der Waals surface area contributed by atoms with E-state index in [1.165, 1.54) is 11.1 Å². The van der Waals surface area contributed by atoms with Crippen LogP contribution in [0.25, 0.3) is 0 Å². The summed E-state index contributed by atoms with van der Waals surface area (Å²) in [6.45, 7) is 4.82. The third-order valence-corrected chi connectivity index (χ3v) is 5.11. The summed E-state index contributed by atoms with van der Waals surface area (Å²) >= 11 is 0. The summed E-state index contributed by atoms with van der Waals surface area (Å²) in [4.78, 5) is 14.8. The Labute approximate surface area is 187 Å². The second-order valence-corrected chi connectivity index (χ2v) is 7.29. The number of carbonyl (C=O) groups excluding carboxylic acids is 1. The molecular formula is C23H33Cl2N3O. The molecule has 29 heavy (non-hydrogen) atoms. The minimum atomic E-state index is 0. The van der Waals surface area contributed by atoms with Gasteiger partial charge in [0.05, 0.1) is 0 Å². The topological polar surface area (TPSA) is 44.4 Å². The van der Waals surface area contributed by atoms with Gasteiger partial charge in [-0.2, -0.15) is 0 Å². The highest BCUT2D eigenvalue weighted by molar-refractivity contribution is 5.85. The molecular weight excluding hydrogens is 405 g/mol. The molecule has 2 aromatic rings. The first-order valence-electron chi connectivity index (χ1n) is 10.1. The standard InChI is InChI=1S/C23H31N3O.2ClH/c27-23-18-22(21-12-5-2-6-13-21)24-15-9-17-26(16-8-7-14-25-23)19-20-10-3-1-4-11-20;;/h1-6,10-13,22,24H,7-9,14-19H2,(H,25,27);2*1H. The Morgan fingerprint density at radius 3 is 2.21 bits per heavy atom. The summed E-state index contributed by atoms with van der Waals surface area (Å²) < 4.78 is 0. The van der Waals surface area contributed by atoms with E-state index in [1.54, 1.807) is 0 Å². The lowest BCUT2D eigenvalue weighted by Crippen LogP contribution is -2.32. The van der Waals surface area contributed by atoms with Gasteiger partial charge >= 0.3 is 0 Å². The molecule has 1 amide bonds. The normalized spacial score (nSPS) is 19.3. The minimum absolute atomic E-state index is 0. The number of hydrogen-bond donors (Lipinski definition) is 2. The number of halogens is 2. The van der Waals surface area contributed by atoms with Crippen LogP contribution in [0.3, 0.4) is 0 Å². The second-order valence-electron chi connectivity index (χ2n) is 7.29. The lowest BCUT2D eigenvalue weighted by molar-refractivity contribution is -0.121. The Morgan fingerprint density at radius 1 is 0.828 bits per heavy atom. The van der Waals surface area contributed by atoms with E-state index in [0.717, 1.165) is 52.0 Å². The quantitative estimate of drug-likeness (QED) is 0.749. The first kappa shape index (κ1) is 25.4. The van der Waals surface area contributed by atoms with Crippen molar-refractivity contribution in [2.75, 3.05) is 26.2 Å². The highest BCUT2D eigenvalue weighted by Crippen LogP contribution is 2.17. The molecule has 1 fully saturated rings. The fraction of sp³-hybridized carbons (Fsp3) is 0.435. The van der Waals surface area contributed by atoms with Crippen molar-refractivity contribution in [1.82, 2.24) is 15.5 Å². The number of carbonyl (C=O) groups is 1. The Morgan fingerprint density at radius 2 is 1.48 bits per heavy atom. The van der Waals surface area contributed by atoms with Crippen molar-refractivity contribution in [2.45, 2.75) is 38.3 Å². The van der Waals surface area contributed by atoms with E-state index in [0.29, 0.717) is 6.42 Å². The van der Waals surface area contributed by atoms with Gasteiger partial charge in [0.25, 0.3) is 0 Å².